The average molecular weight is 457 g/mol. The highest BCUT2D eigenvalue weighted by molar-refractivity contribution is 7.99. The van der Waals surface area contributed by atoms with Gasteiger partial charge in [0, 0.05) is 18.8 Å². The number of thioether (sulfide) groups is 1. The van der Waals surface area contributed by atoms with Gasteiger partial charge in [0.05, 0.1) is 12.9 Å². The number of hydrogen-bond acceptors (Lipinski definition) is 11. The van der Waals surface area contributed by atoms with E-state index in [0.29, 0.717) is 22.7 Å². The van der Waals surface area contributed by atoms with E-state index in [9.17, 15) is 15.3 Å². The fourth-order valence-electron chi connectivity index (χ4n) is 3.16. The summed E-state index contributed by atoms with van der Waals surface area (Å²) in [5.74, 6) is 1.12. The molecule has 3 aromatic heterocycles. The Morgan fingerprint density at radius 2 is 2.10 bits per heavy atom. The summed E-state index contributed by atoms with van der Waals surface area (Å²) >= 11 is 7.66. The van der Waals surface area contributed by atoms with E-state index in [1.54, 1.807) is 6.33 Å². The summed E-state index contributed by atoms with van der Waals surface area (Å²) < 4.78 is 8.87. The summed E-state index contributed by atoms with van der Waals surface area (Å²) in [6, 6.07) is -0.0140. The molecule has 162 valence electrons. The number of aliphatic hydroxyl groups excluding tert-OH is 3. The van der Waals surface area contributed by atoms with E-state index >= 15 is 0 Å². The monoisotopic (exact) mass is 456 g/mol. The second-order valence-corrected chi connectivity index (χ2v) is 8.30. The molecule has 0 aliphatic carbocycles. The number of anilines is 1. The van der Waals surface area contributed by atoms with Crippen LogP contribution in [0.5, 0.6) is 0 Å². The predicted octanol–water partition coefficient (Wildman–Crippen LogP) is -0.188. The van der Waals surface area contributed by atoms with Crippen molar-refractivity contribution in [1.29, 1.82) is 0 Å². The number of hydrogen-bond donors (Lipinski definition) is 4. The van der Waals surface area contributed by atoms with Crippen molar-refractivity contribution in [1.82, 2.24) is 34.3 Å². The Labute approximate surface area is 180 Å². The van der Waals surface area contributed by atoms with Gasteiger partial charge < -0.3 is 29.9 Å². The van der Waals surface area contributed by atoms with Gasteiger partial charge in [-0.2, -0.15) is 9.97 Å². The molecule has 0 radical (unpaired) electrons. The third kappa shape index (κ3) is 3.96. The maximum absolute atomic E-state index is 10.3. The first-order chi connectivity index (χ1) is 14.4. The molecule has 0 spiro atoms. The van der Waals surface area contributed by atoms with E-state index in [-0.39, 0.29) is 11.3 Å². The Balaban J connectivity index is 1.56. The van der Waals surface area contributed by atoms with E-state index in [0.717, 1.165) is 5.16 Å². The van der Waals surface area contributed by atoms with Crippen LogP contribution in [0.1, 0.15) is 13.2 Å². The van der Waals surface area contributed by atoms with Crippen molar-refractivity contribution in [2.45, 2.75) is 42.7 Å². The molecule has 3 aromatic rings. The van der Waals surface area contributed by atoms with Gasteiger partial charge in [0.25, 0.3) is 0 Å². The molecule has 4 heterocycles. The Morgan fingerprint density at radius 3 is 2.77 bits per heavy atom. The third-order valence-corrected chi connectivity index (χ3v) is 6.16. The Bertz CT molecular complexity index is 1030. The molecule has 30 heavy (non-hydrogen) atoms. The Kier molecular flexibility index (Phi) is 6.09. The van der Waals surface area contributed by atoms with Crippen LogP contribution in [0.15, 0.2) is 17.8 Å². The lowest BCUT2D eigenvalue weighted by Gasteiger charge is -2.17. The zero-order valence-corrected chi connectivity index (χ0v) is 17.7. The summed E-state index contributed by atoms with van der Waals surface area (Å²) in [7, 11) is 1.87. The zero-order valence-electron chi connectivity index (χ0n) is 16.1. The minimum atomic E-state index is -1.26. The summed E-state index contributed by atoms with van der Waals surface area (Å²) in [6.07, 6.45) is -1.30. The van der Waals surface area contributed by atoms with Gasteiger partial charge in [0.1, 0.15) is 24.6 Å². The fraction of sp³-hybridized carbons (Fsp3) is 0.562. The molecule has 0 saturated carbocycles. The first kappa shape index (κ1) is 21.2. The predicted molar refractivity (Wildman–Crippen MR) is 108 cm³/mol. The fourth-order valence-corrected chi connectivity index (χ4v) is 4.17. The number of aromatic nitrogens is 7. The van der Waals surface area contributed by atoms with Crippen molar-refractivity contribution >= 4 is 40.3 Å². The molecule has 0 aromatic carbocycles. The largest absolute Gasteiger partial charge is 0.394 e. The van der Waals surface area contributed by atoms with Crippen LogP contribution in [0.25, 0.3) is 11.2 Å². The molecule has 0 bridgehead atoms. The smallest absolute Gasteiger partial charge is 0.226 e. The van der Waals surface area contributed by atoms with Crippen molar-refractivity contribution in [2.24, 2.45) is 7.05 Å². The van der Waals surface area contributed by atoms with Gasteiger partial charge in [-0.1, -0.05) is 11.8 Å². The molecule has 4 N–H and O–H groups in total. The molecule has 12 nitrogen and oxygen atoms in total. The van der Waals surface area contributed by atoms with Gasteiger partial charge in [-0.3, -0.25) is 4.57 Å². The highest BCUT2D eigenvalue weighted by atomic mass is 35.5. The van der Waals surface area contributed by atoms with Gasteiger partial charge in [-0.15, -0.1) is 10.2 Å². The maximum Gasteiger partial charge on any atom is 0.226 e. The van der Waals surface area contributed by atoms with Crippen molar-refractivity contribution in [3.05, 3.63) is 17.9 Å². The highest BCUT2D eigenvalue weighted by Gasteiger charge is 2.44. The lowest BCUT2D eigenvalue weighted by Crippen LogP contribution is -2.33. The molecule has 4 rings (SSSR count). The lowest BCUT2D eigenvalue weighted by atomic mass is 10.1. The Hall–Kier alpha value is -2.03. The summed E-state index contributed by atoms with van der Waals surface area (Å²) in [5, 5.41) is 41.6. The van der Waals surface area contributed by atoms with Crippen molar-refractivity contribution < 1.29 is 20.1 Å². The maximum atomic E-state index is 10.3. The molecular weight excluding hydrogens is 436 g/mol. The minimum absolute atomic E-state index is 0.00773. The van der Waals surface area contributed by atoms with Crippen molar-refractivity contribution in [3.8, 4) is 0 Å². The molecular formula is C16H21ClN8O4S. The second-order valence-electron chi connectivity index (χ2n) is 6.97. The van der Waals surface area contributed by atoms with Gasteiger partial charge >= 0.3 is 0 Å². The number of nitrogens with zero attached hydrogens (tertiary/aromatic N) is 7. The molecule has 1 saturated heterocycles. The van der Waals surface area contributed by atoms with Gasteiger partial charge in [-0.05, 0) is 18.5 Å². The van der Waals surface area contributed by atoms with Gasteiger partial charge in [0.2, 0.25) is 5.28 Å². The average Bonchev–Trinajstić information content (AvgIpc) is 3.39. The van der Waals surface area contributed by atoms with E-state index in [4.69, 9.17) is 16.3 Å². The Morgan fingerprint density at radius 1 is 1.30 bits per heavy atom. The number of ether oxygens (including phenoxy) is 1. The number of aryl methyl sites for hydroxylation is 1. The molecule has 1 aliphatic rings. The SMILES string of the molecule is C[C@H](CSc1nncn1C)Nc1nc(Cl)nc2c1ncn2[C@@H]1O[C@H](CO)C(O)C1O. The molecule has 14 heteroatoms. The number of fused-ring (bicyclic) bond motifs is 1. The van der Waals surface area contributed by atoms with Gasteiger partial charge in [0.15, 0.2) is 28.4 Å². The molecule has 0 amide bonds. The summed E-state index contributed by atoms with van der Waals surface area (Å²) in [4.78, 5) is 12.8. The van der Waals surface area contributed by atoms with E-state index < -0.39 is 31.1 Å². The van der Waals surface area contributed by atoms with Gasteiger partial charge in [-0.25, -0.2) is 4.98 Å². The standard InChI is InChI=1S/C16H21ClN8O4S/c1-7(4-30-16-23-19-6-24(16)2)20-12-9-13(22-15(17)21-12)25(5-18-9)14-11(28)10(27)8(3-26)29-14/h5-8,10-11,14,26-28H,3-4H2,1-2H3,(H,20,21,22)/t7-,8-,10?,11?,14-/m1/s1. The molecule has 5 atom stereocenters. The van der Waals surface area contributed by atoms with E-state index in [1.807, 2.05) is 18.5 Å². The highest BCUT2D eigenvalue weighted by Crippen LogP contribution is 2.33. The van der Waals surface area contributed by atoms with Crippen LogP contribution in [-0.4, -0.2) is 86.3 Å². The van der Waals surface area contributed by atoms with Crippen molar-refractivity contribution in [3.63, 3.8) is 0 Å². The van der Waals surface area contributed by atoms with Crippen LogP contribution in [0.3, 0.4) is 0 Å². The van der Waals surface area contributed by atoms with Crippen LogP contribution in [0.2, 0.25) is 5.28 Å². The summed E-state index contributed by atoms with van der Waals surface area (Å²) in [5.41, 5.74) is 0.771. The topological polar surface area (TPSA) is 156 Å². The third-order valence-electron chi connectivity index (χ3n) is 4.70. The first-order valence-electron chi connectivity index (χ1n) is 9.15. The molecule has 1 fully saturated rings. The van der Waals surface area contributed by atoms with Crippen LogP contribution in [0.4, 0.5) is 5.82 Å². The molecule has 2 unspecified atom stereocenters. The minimum Gasteiger partial charge on any atom is -0.394 e. The number of halogens is 1. The van der Waals surface area contributed by atoms with Crippen LogP contribution in [-0.2, 0) is 11.8 Å². The second kappa shape index (κ2) is 8.61. The van der Waals surface area contributed by atoms with E-state index in [2.05, 4.69) is 30.5 Å². The number of aliphatic hydroxyl groups is 3. The summed E-state index contributed by atoms with van der Waals surface area (Å²) in [6.45, 7) is 1.55. The first-order valence-corrected chi connectivity index (χ1v) is 10.5. The molecule has 1 aliphatic heterocycles. The lowest BCUT2D eigenvalue weighted by molar-refractivity contribution is -0.0511. The quantitative estimate of drug-likeness (QED) is 0.276. The van der Waals surface area contributed by atoms with Crippen molar-refractivity contribution in [2.75, 3.05) is 17.7 Å². The van der Waals surface area contributed by atoms with Crippen LogP contribution < -0.4 is 5.32 Å². The zero-order chi connectivity index (χ0) is 21.4. The number of rotatable bonds is 7. The number of nitrogens with one attached hydrogen (secondary N) is 1. The normalized spacial score (nSPS) is 25.1. The van der Waals surface area contributed by atoms with E-state index in [1.165, 1.54) is 22.7 Å². The van der Waals surface area contributed by atoms with Crippen LogP contribution >= 0.6 is 23.4 Å². The number of imidazole rings is 1. The van der Waals surface area contributed by atoms with Crippen LogP contribution in [0, 0.1) is 0 Å².